The molecule has 2 aromatic rings. The molecule has 0 radical (unpaired) electrons. The molecule has 0 saturated carbocycles. The molecule has 5 nitrogen and oxygen atoms in total. The van der Waals surface area contributed by atoms with Gasteiger partial charge in [-0.1, -0.05) is 44.2 Å². The van der Waals surface area contributed by atoms with Crippen LogP contribution in [0.15, 0.2) is 53.1 Å². The minimum absolute atomic E-state index is 0.0619. The number of rotatable bonds is 8. The van der Waals surface area contributed by atoms with Gasteiger partial charge in [0.2, 0.25) is 11.8 Å². The van der Waals surface area contributed by atoms with Crippen molar-refractivity contribution in [2.45, 2.75) is 45.8 Å². The lowest BCUT2D eigenvalue weighted by atomic mass is 10.1. The number of carbonyl (C=O) groups excluding carboxylic acids is 2. The molecule has 1 unspecified atom stereocenters. The molecular formula is C19H24N2O3. The summed E-state index contributed by atoms with van der Waals surface area (Å²) in [7, 11) is 0. The van der Waals surface area contributed by atoms with Crippen molar-refractivity contribution in [1.82, 2.24) is 10.2 Å². The van der Waals surface area contributed by atoms with Crippen LogP contribution in [-0.4, -0.2) is 22.8 Å². The maximum Gasteiger partial charge on any atom is 0.243 e. The van der Waals surface area contributed by atoms with Crippen LogP contribution in [0.2, 0.25) is 0 Å². The summed E-state index contributed by atoms with van der Waals surface area (Å²) >= 11 is 0. The molecule has 1 heterocycles. The van der Waals surface area contributed by atoms with E-state index in [0.29, 0.717) is 31.7 Å². The Morgan fingerprint density at radius 2 is 1.88 bits per heavy atom. The minimum Gasteiger partial charge on any atom is -0.467 e. The molecule has 0 saturated heterocycles. The molecule has 0 aliphatic rings. The lowest BCUT2D eigenvalue weighted by molar-refractivity contribution is -0.141. The van der Waals surface area contributed by atoms with Gasteiger partial charge in [0.25, 0.3) is 0 Å². The number of benzene rings is 1. The summed E-state index contributed by atoms with van der Waals surface area (Å²) in [6.07, 6.45) is 2.47. The van der Waals surface area contributed by atoms with E-state index < -0.39 is 6.04 Å². The van der Waals surface area contributed by atoms with E-state index in [4.69, 9.17) is 4.42 Å². The number of furan rings is 1. The van der Waals surface area contributed by atoms with Crippen LogP contribution in [0.3, 0.4) is 0 Å². The molecule has 1 atom stereocenters. The molecule has 5 heteroatoms. The van der Waals surface area contributed by atoms with Crippen molar-refractivity contribution in [2.75, 3.05) is 0 Å². The smallest absolute Gasteiger partial charge is 0.243 e. The fraction of sp³-hybridized carbons (Fsp3) is 0.368. The molecule has 2 rings (SSSR count). The van der Waals surface area contributed by atoms with Crippen LogP contribution in [0.5, 0.6) is 0 Å². The van der Waals surface area contributed by atoms with Crippen molar-refractivity contribution >= 4 is 11.8 Å². The molecule has 128 valence electrons. The summed E-state index contributed by atoms with van der Waals surface area (Å²) in [5.41, 5.74) is 1.03. The van der Waals surface area contributed by atoms with Crippen molar-refractivity contribution in [3.63, 3.8) is 0 Å². The Balaban J connectivity index is 2.06. The Bertz CT molecular complexity index is 638. The lowest BCUT2D eigenvalue weighted by Gasteiger charge is -2.29. The summed E-state index contributed by atoms with van der Waals surface area (Å²) in [6, 6.07) is 12.8. The molecule has 0 fully saturated rings. The van der Waals surface area contributed by atoms with E-state index in [9.17, 15) is 9.59 Å². The molecule has 2 amide bonds. The second-order valence-corrected chi connectivity index (χ2v) is 5.58. The van der Waals surface area contributed by atoms with Gasteiger partial charge >= 0.3 is 0 Å². The Morgan fingerprint density at radius 1 is 1.12 bits per heavy atom. The summed E-state index contributed by atoms with van der Waals surface area (Å²) < 4.78 is 5.34. The van der Waals surface area contributed by atoms with Crippen LogP contribution in [0.25, 0.3) is 0 Å². The third kappa shape index (κ3) is 4.72. The topological polar surface area (TPSA) is 62.6 Å². The Labute approximate surface area is 142 Å². The predicted octanol–water partition coefficient (Wildman–Crippen LogP) is 3.11. The van der Waals surface area contributed by atoms with Gasteiger partial charge in [-0.05, 0) is 24.1 Å². The molecule has 24 heavy (non-hydrogen) atoms. The quantitative estimate of drug-likeness (QED) is 0.810. The lowest BCUT2D eigenvalue weighted by Crippen LogP contribution is -2.48. The third-order valence-electron chi connectivity index (χ3n) is 3.90. The summed E-state index contributed by atoms with van der Waals surface area (Å²) in [5.74, 6) is 0.467. The van der Waals surface area contributed by atoms with E-state index in [1.165, 1.54) is 0 Å². The van der Waals surface area contributed by atoms with Gasteiger partial charge in [0.1, 0.15) is 11.8 Å². The van der Waals surface area contributed by atoms with E-state index in [0.717, 1.165) is 5.56 Å². The number of nitrogens with zero attached hydrogens (tertiary/aromatic N) is 1. The van der Waals surface area contributed by atoms with Gasteiger partial charge in [-0.25, -0.2) is 0 Å². The first-order valence-corrected chi connectivity index (χ1v) is 8.29. The van der Waals surface area contributed by atoms with Crippen LogP contribution in [0, 0.1) is 0 Å². The molecule has 0 bridgehead atoms. The van der Waals surface area contributed by atoms with Crippen LogP contribution >= 0.6 is 0 Å². The van der Waals surface area contributed by atoms with Crippen molar-refractivity contribution < 1.29 is 14.0 Å². The van der Waals surface area contributed by atoms with Gasteiger partial charge in [0.15, 0.2) is 0 Å². The maximum atomic E-state index is 12.6. The van der Waals surface area contributed by atoms with Crippen molar-refractivity contribution in [1.29, 1.82) is 0 Å². The van der Waals surface area contributed by atoms with E-state index >= 15 is 0 Å². The van der Waals surface area contributed by atoms with Gasteiger partial charge in [0.05, 0.1) is 12.8 Å². The standard InChI is InChI=1S/C19H24N2O3/c1-3-17(19(23)20-13-15-9-6-5-7-10-15)21(18(22)4-2)14-16-11-8-12-24-16/h5-12,17H,3-4,13-14H2,1-2H3,(H,20,23). The summed E-state index contributed by atoms with van der Waals surface area (Å²) in [5, 5.41) is 2.93. The van der Waals surface area contributed by atoms with Crippen molar-refractivity contribution in [3.8, 4) is 0 Å². The SMILES string of the molecule is CCC(=O)N(Cc1ccco1)C(CC)C(=O)NCc1ccccc1. The van der Waals surface area contributed by atoms with E-state index in [2.05, 4.69) is 5.32 Å². The number of carbonyl (C=O) groups is 2. The average Bonchev–Trinajstić information content (AvgIpc) is 3.13. The van der Waals surface area contributed by atoms with Gasteiger partial charge in [-0.2, -0.15) is 0 Å². The Morgan fingerprint density at radius 3 is 2.46 bits per heavy atom. The number of amides is 2. The van der Waals surface area contributed by atoms with Crippen LogP contribution in [0.4, 0.5) is 0 Å². The molecule has 0 aliphatic carbocycles. The first kappa shape index (κ1) is 17.8. The van der Waals surface area contributed by atoms with Gasteiger partial charge in [0, 0.05) is 13.0 Å². The van der Waals surface area contributed by atoms with Crippen molar-refractivity contribution in [2.24, 2.45) is 0 Å². The highest BCUT2D eigenvalue weighted by Gasteiger charge is 2.28. The van der Waals surface area contributed by atoms with Crippen molar-refractivity contribution in [3.05, 3.63) is 60.1 Å². The zero-order valence-corrected chi connectivity index (χ0v) is 14.2. The van der Waals surface area contributed by atoms with Gasteiger partial charge < -0.3 is 14.6 Å². The Kier molecular flexibility index (Phi) is 6.61. The summed E-state index contributed by atoms with van der Waals surface area (Å²) in [6.45, 7) is 4.46. The van der Waals surface area contributed by atoms with Crippen LogP contribution in [-0.2, 0) is 22.7 Å². The second kappa shape index (κ2) is 8.91. The second-order valence-electron chi connectivity index (χ2n) is 5.58. The average molecular weight is 328 g/mol. The minimum atomic E-state index is -0.508. The highest BCUT2D eigenvalue weighted by molar-refractivity contribution is 5.87. The molecule has 1 aromatic carbocycles. The summed E-state index contributed by atoms with van der Waals surface area (Å²) in [4.78, 5) is 26.5. The molecule has 0 aliphatic heterocycles. The molecular weight excluding hydrogens is 304 g/mol. The van der Waals surface area contributed by atoms with E-state index in [1.807, 2.05) is 43.3 Å². The van der Waals surface area contributed by atoms with E-state index in [1.54, 1.807) is 24.2 Å². The predicted molar refractivity (Wildman–Crippen MR) is 91.9 cm³/mol. The number of hydrogen-bond donors (Lipinski definition) is 1. The first-order chi connectivity index (χ1) is 11.7. The highest BCUT2D eigenvalue weighted by atomic mass is 16.3. The zero-order chi connectivity index (χ0) is 17.4. The van der Waals surface area contributed by atoms with Crippen LogP contribution < -0.4 is 5.32 Å². The fourth-order valence-electron chi connectivity index (χ4n) is 2.60. The maximum absolute atomic E-state index is 12.6. The van der Waals surface area contributed by atoms with Gasteiger partial charge in [-0.15, -0.1) is 0 Å². The third-order valence-corrected chi connectivity index (χ3v) is 3.90. The molecule has 1 aromatic heterocycles. The van der Waals surface area contributed by atoms with E-state index in [-0.39, 0.29) is 11.8 Å². The van der Waals surface area contributed by atoms with Gasteiger partial charge in [-0.3, -0.25) is 9.59 Å². The fourth-order valence-corrected chi connectivity index (χ4v) is 2.60. The normalized spacial score (nSPS) is 11.8. The highest BCUT2D eigenvalue weighted by Crippen LogP contribution is 2.14. The first-order valence-electron chi connectivity index (χ1n) is 8.29. The number of hydrogen-bond acceptors (Lipinski definition) is 3. The Hall–Kier alpha value is -2.56. The zero-order valence-electron chi connectivity index (χ0n) is 14.2. The monoisotopic (exact) mass is 328 g/mol. The molecule has 1 N–H and O–H groups in total. The van der Waals surface area contributed by atoms with Crippen LogP contribution in [0.1, 0.15) is 38.0 Å². The largest absolute Gasteiger partial charge is 0.467 e. The number of nitrogens with one attached hydrogen (secondary N) is 1. The molecule has 0 spiro atoms.